The van der Waals surface area contributed by atoms with Gasteiger partial charge >= 0.3 is 5.69 Å². The molecule has 0 aliphatic carbocycles. The molecule has 2 rings (SSSR count). The van der Waals surface area contributed by atoms with Gasteiger partial charge in [0.25, 0.3) is 5.56 Å². The number of rotatable bonds is 3. The maximum absolute atomic E-state index is 11.9. The van der Waals surface area contributed by atoms with Crippen molar-refractivity contribution in [2.24, 2.45) is 14.1 Å². The molecule has 0 fully saturated rings. The van der Waals surface area contributed by atoms with Crippen LogP contribution in [0, 0.1) is 0 Å². The molecule has 0 saturated carbocycles. The van der Waals surface area contributed by atoms with Crippen LogP contribution >= 0.6 is 12.0 Å². The summed E-state index contributed by atoms with van der Waals surface area (Å²) < 4.78 is 7.67. The number of nitrogens with zero attached hydrogens (tertiary/aromatic N) is 4. The molecule has 2 aromatic rings. The van der Waals surface area contributed by atoms with Crippen LogP contribution in [0.15, 0.2) is 15.9 Å². The fourth-order valence-corrected chi connectivity index (χ4v) is 1.93. The standard InChI is InChI=1S/C8H10N4O4S/c1-10-6-5(7(13)11(2)8(10)14)12(3-9-6)4-17-16-15/h3,15H,4H2,1-2H3. The zero-order valence-electron chi connectivity index (χ0n) is 9.15. The first-order valence-corrected chi connectivity index (χ1v) is 5.53. The molecule has 1 N–H and O–H groups in total. The summed E-state index contributed by atoms with van der Waals surface area (Å²) in [6, 6.07) is 0. The molecule has 92 valence electrons. The number of hydrogen-bond acceptors (Lipinski definition) is 6. The van der Waals surface area contributed by atoms with Crippen LogP contribution in [0.4, 0.5) is 0 Å². The Kier molecular flexibility index (Phi) is 3.05. The van der Waals surface area contributed by atoms with Gasteiger partial charge in [0.2, 0.25) is 0 Å². The first-order valence-electron chi connectivity index (χ1n) is 4.61. The van der Waals surface area contributed by atoms with Gasteiger partial charge in [-0.15, -0.1) is 0 Å². The van der Waals surface area contributed by atoms with Crippen LogP contribution in [0.1, 0.15) is 0 Å². The van der Waals surface area contributed by atoms with E-state index >= 15 is 0 Å². The number of aryl methyl sites for hydroxylation is 1. The van der Waals surface area contributed by atoms with E-state index in [1.807, 2.05) is 0 Å². The minimum Gasteiger partial charge on any atom is -0.312 e. The molecular formula is C8H10N4O4S. The molecule has 2 aromatic heterocycles. The molecule has 0 saturated heterocycles. The predicted molar refractivity (Wildman–Crippen MR) is 61.5 cm³/mol. The Morgan fingerprint density at radius 1 is 1.41 bits per heavy atom. The topological polar surface area (TPSA) is 91.3 Å². The van der Waals surface area contributed by atoms with Gasteiger partial charge in [0.1, 0.15) is 0 Å². The summed E-state index contributed by atoms with van der Waals surface area (Å²) in [4.78, 5) is 27.6. The number of imidazole rings is 1. The van der Waals surface area contributed by atoms with Crippen molar-refractivity contribution in [1.82, 2.24) is 18.7 Å². The highest BCUT2D eigenvalue weighted by Crippen LogP contribution is 2.10. The van der Waals surface area contributed by atoms with Crippen LogP contribution < -0.4 is 11.2 Å². The Labute approximate surface area is 99.2 Å². The second-order valence-electron chi connectivity index (χ2n) is 3.41. The monoisotopic (exact) mass is 258 g/mol. The Balaban J connectivity index is 2.77. The smallest absolute Gasteiger partial charge is 0.312 e. The molecule has 0 aliphatic rings. The quantitative estimate of drug-likeness (QED) is 0.454. The van der Waals surface area contributed by atoms with Gasteiger partial charge in [0.05, 0.1) is 24.2 Å². The minimum absolute atomic E-state index is 0.195. The highest BCUT2D eigenvalue weighted by Gasteiger charge is 2.13. The van der Waals surface area contributed by atoms with E-state index < -0.39 is 11.2 Å². The minimum atomic E-state index is -0.432. The van der Waals surface area contributed by atoms with Crippen molar-refractivity contribution >= 4 is 23.2 Å². The molecule has 0 bridgehead atoms. The van der Waals surface area contributed by atoms with E-state index in [0.717, 1.165) is 16.6 Å². The van der Waals surface area contributed by atoms with Crippen LogP contribution in [-0.2, 0) is 24.3 Å². The lowest BCUT2D eigenvalue weighted by Gasteiger charge is -2.04. The van der Waals surface area contributed by atoms with Crippen molar-refractivity contribution in [3.63, 3.8) is 0 Å². The summed E-state index contributed by atoms with van der Waals surface area (Å²) in [7, 11) is 2.94. The van der Waals surface area contributed by atoms with Gasteiger partial charge in [-0.25, -0.2) is 15.0 Å². The Morgan fingerprint density at radius 2 is 2.12 bits per heavy atom. The van der Waals surface area contributed by atoms with Crippen LogP contribution in [0.2, 0.25) is 0 Å². The van der Waals surface area contributed by atoms with Crippen molar-refractivity contribution in [2.45, 2.75) is 5.88 Å². The number of hydrogen-bond donors (Lipinski definition) is 1. The molecule has 0 amide bonds. The van der Waals surface area contributed by atoms with Crippen molar-refractivity contribution in [3.8, 4) is 0 Å². The fourth-order valence-electron chi connectivity index (χ4n) is 1.58. The first-order chi connectivity index (χ1) is 8.07. The first kappa shape index (κ1) is 11.9. The Morgan fingerprint density at radius 3 is 2.76 bits per heavy atom. The third kappa shape index (κ3) is 1.77. The van der Waals surface area contributed by atoms with Crippen LogP contribution in [-0.4, -0.2) is 23.9 Å². The summed E-state index contributed by atoms with van der Waals surface area (Å²) in [6.07, 6.45) is 1.41. The number of fused-ring (bicyclic) bond motifs is 1. The lowest BCUT2D eigenvalue weighted by atomic mass is 10.5. The largest absolute Gasteiger partial charge is 0.332 e. The summed E-state index contributed by atoms with van der Waals surface area (Å²) in [5.74, 6) is 0.195. The van der Waals surface area contributed by atoms with E-state index in [1.165, 1.54) is 29.6 Å². The van der Waals surface area contributed by atoms with Gasteiger partial charge in [0.15, 0.2) is 11.2 Å². The van der Waals surface area contributed by atoms with E-state index in [2.05, 4.69) is 9.32 Å². The van der Waals surface area contributed by atoms with Crippen LogP contribution in [0.25, 0.3) is 11.2 Å². The maximum Gasteiger partial charge on any atom is 0.332 e. The van der Waals surface area contributed by atoms with E-state index in [1.54, 1.807) is 0 Å². The molecule has 0 spiro atoms. The Hall–Kier alpha value is -1.58. The summed E-state index contributed by atoms with van der Waals surface area (Å²) in [5.41, 5.74) is -0.270. The third-order valence-electron chi connectivity index (χ3n) is 2.46. The zero-order valence-corrected chi connectivity index (χ0v) is 9.97. The summed E-state index contributed by atoms with van der Waals surface area (Å²) in [6.45, 7) is 0. The average molecular weight is 258 g/mol. The molecule has 8 nitrogen and oxygen atoms in total. The molecule has 0 unspecified atom stereocenters. The van der Waals surface area contributed by atoms with Gasteiger partial charge in [-0.05, 0) is 0 Å². The fraction of sp³-hybridized carbons (Fsp3) is 0.375. The van der Waals surface area contributed by atoms with Gasteiger partial charge in [0, 0.05) is 14.1 Å². The molecule has 0 atom stereocenters. The third-order valence-corrected chi connectivity index (χ3v) is 2.95. The van der Waals surface area contributed by atoms with Crippen LogP contribution in [0.3, 0.4) is 0 Å². The molecule has 17 heavy (non-hydrogen) atoms. The second-order valence-corrected chi connectivity index (χ2v) is 4.06. The van der Waals surface area contributed by atoms with Crippen molar-refractivity contribution in [2.75, 3.05) is 0 Å². The predicted octanol–water partition coefficient (Wildman–Crippen LogP) is -0.471. The van der Waals surface area contributed by atoms with Crippen molar-refractivity contribution in [1.29, 1.82) is 0 Å². The second kappa shape index (κ2) is 4.35. The molecule has 0 aromatic carbocycles. The van der Waals surface area contributed by atoms with E-state index in [0.29, 0.717) is 11.2 Å². The molecule has 0 radical (unpaired) electrons. The summed E-state index contributed by atoms with van der Waals surface area (Å²) >= 11 is 0.748. The highest BCUT2D eigenvalue weighted by molar-refractivity contribution is 7.93. The normalized spacial score (nSPS) is 11.2. The summed E-state index contributed by atoms with van der Waals surface area (Å²) in [5, 5.41) is 8.25. The number of aromatic nitrogens is 4. The van der Waals surface area contributed by atoms with E-state index in [4.69, 9.17) is 5.26 Å². The SMILES string of the molecule is Cn1c(=O)c2c(ncn2CSOO)n(C)c1=O. The average Bonchev–Trinajstić information content (AvgIpc) is 2.75. The van der Waals surface area contributed by atoms with Gasteiger partial charge < -0.3 is 4.57 Å². The zero-order chi connectivity index (χ0) is 12.6. The lowest BCUT2D eigenvalue weighted by Crippen LogP contribution is -2.37. The molecule has 0 aliphatic heterocycles. The molecular weight excluding hydrogens is 248 g/mol. The van der Waals surface area contributed by atoms with E-state index in [-0.39, 0.29) is 5.88 Å². The van der Waals surface area contributed by atoms with Gasteiger partial charge in [-0.3, -0.25) is 13.9 Å². The lowest BCUT2D eigenvalue weighted by molar-refractivity contribution is -0.117. The van der Waals surface area contributed by atoms with Crippen molar-refractivity contribution in [3.05, 3.63) is 27.2 Å². The van der Waals surface area contributed by atoms with Crippen molar-refractivity contribution < 1.29 is 9.59 Å². The van der Waals surface area contributed by atoms with Gasteiger partial charge in [-0.2, -0.15) is 4.33 Å². The maximum atomic E-state index is 11.9. The van der Waals surface area contributed by atoms with Gasteiger partial charge in [-0.1, -0.05) is 0 Å². The Bertz CT molecular complexity index is 670. The highest BCUT2D eigenvalue weighted by atomic mass is 32.2. The molecule has 2 heterocycles. The van der Waals surface area contributed by atoms with Crippen LogP contribution in [0.5, 0.6) is 0 Å². The van der Waals surface area contributed by atoms with E-state index in [9.17, 15) is 9.59 Å². The molecule has 9 heteroatoms.